The Morgan fingerprint density at radius 3 is 2.46 bits per heavy atom. The van der Waals surface area contributed by atoms with Crippen molar-refractivity contribution >= 4 is 23.8 Å². The highest BCUT2D eigenvalue weighted by Gasteiger charge is 2.44. The topological polar surface area (TPSA) is 86.8 Å². The Morgan fingerprint density at radius 1 is 1.12 bits per heavy atom. The minimum atomic E-state index is -1.02. The van der Waals surface area contributed by atoms with Gasteiger partial charge in [-0.1, -0.05) is 36.1 Å². The summed E-state index contributed by atoms with van der Waals surface area (Å²) < 4.78 is 0. The highest BCUT2D eigenvalue weighted by atomic mass is 16.2. The van der Waals surface area contributed by atoms with Crippen LogP contribution in [0, 0.1) is 11.8 Å². The van der Waals surface area contributed by atoms with E-state index in [0.29, 0.717) is 4.90 Å². The molecule has 0 unspecified atom stereocenters. The molecule has 5 amide bonds. The van der Waals surface area contributed by atoms with E-state index in [4.69, 9.17) is 0 Å². The Morgan fingerprint density at radius 2 is 1.79 bits per heavy atom. The van der Waals surface area contributed by atoms with Crippen molar-refractivity contribution in [3.8, 4) is 11.8 Å². The van der Waals surface area contributed by atoms with Crippen molar-refractivity contribution in [2.45, 2.75) is 0 Å². The Hall–Kier alpha value is -3.40. The predicted octanol–water partition coefficient (Wildman–Crippen LogP) is 0.131. The van der Waals surface area contributed by atoms with E-state index in [0.717, 1.165) is 10.5 Å². The normalized spacial score (nSPS) is 13.6. The van der Waals surface area contributed by atoms with Crippen LogP contribution in [0.2, 0.25) is 0 Å². The highest BCUT2D eigenvalue weighted by Crippen LogP contribution is 2.11. The Labute approximate surface area is 138 Å². The standard InChI is InChI=1S/C17H15N3O4/c1-2-11-19-15(22)16(23)20(17(19)24)12-14(21)18-10-6-9-13-7-4-3-5-8-13/h2-5,7-8H,1,10-12H2,(H,18,21). The number of carbonyl (C=O) groups is 4. The van der Waals surface area contributed by atoms with E-state index in [1.807, 2.05) is 30.3 Å². The fourth-order valence-corrected chi connectivity index (χ4v) is 1.99. The van der Waals surface area contributed by atoms with Gasteiger partial charge in [0.05, 0.1) is 6.54 Å². The number of imide groups is 2. The summed E-state index contributed by atoms with van der Waals surface area (Å²) in [6.07, 6.45) is 1.33. The minimum absolute atomic E-state index is 0.0638. The van der Waals surface area contributed by atoms with E-state index < -0.39 is 30.3 Å². The number of hydrogen-bond donors (Lipinski definition) is 1. The first-order chi connectivity index (χ1) is 11.5. The van der Waals surface area contributed by atoms with Crippen LogP contribution in [0.25, 0.3) is 0 Å². The van der Waals surface area contributed by atoms with Gasteiger partial charge in [-0.2, -0.15) is 0 Å². The van der Waals surface area contributed by atoms with Gasteiger partial charge in [0.15, 0.2) is 0 Å². The summed E-state index contributed by atoms with van der Waals surface area (Å²) >= 11 is 0. The van der Waals surface area contributed by atoms with E-state index in [9.17, 15) is 19.2 Å². The lowest BCUT2D eigenvalue weighted by Gasteiger charge is -2.13. The van der Waals surface area contributed by atoms with Gasteiger partial charge in [-0.15, -0.1) is 6.58 Å². The van der Waals surface area contributed by atoms with Crippen molar-refractivity contribution in [1.29, 1.82) is 0 Å². The zero-order valence-corrected chi connectivity index (χ0v) is 12.8. The summed E-state index contributed by atoms with van der Waals surface area (Å²) in [6, 6.07) is 8.40. The molecule has 1 N–H and O–H groups in total. The van der Waals surface area contributed by atoms with Crippen molar-refractivity contribution in [1.82, 2.24) is 15.1 Å². The molecule has 1 aromatic rings. The van der Waals surface area contributed by atoms with Gasteiger partial charge in [-0.3, -0.25) is 19.3 Å². The second-order valence-corrected chi connectivity index (χ2v) is 4.82. The van der Waals surface area contributed by atoms with Crippen LogP contribution in [-0.2, 0) is 14.4 Å². The van der Waals surface area contributed by atoms with Crippen LogP contribution in [0.1, 0.15) is 5.56 Å². The molecule has 1 fully saturated rings. The minimum Gasteiger partial charge on any atom is -0.344 e. The molecule has 1 aromatic carbocycles. The number of urea groups is 1. The van der Waals surface area contributed by atoms with Gasteiger partial charge in [0.1, 0.15) is 6.54 Å². The SMILES string of the molecule is C=CCN1C(=O)C(=O)N(CC(=O)NCC#Cc2ccccc2)C1=O. The van der Waals surface area contributed by atoms with Crippen LogP contribution in [0.15, 0.2) is 43.0 Å². The highest BCUT2D eigenvalue weighted by molar-refractivity contribution is 6.45. The number of benzene rings is 1. The molecule has 0 aromatic heterocycles. The fraction of sp³-hybridized carbons (Fsp3) is 0.176. The molecule has 0 spiro atoms. The van der Waals surface area contributed by atoms with Gasteiger partial charge in [0.2, 0.25) is 5.91 Å². The molecule has 7 nitrogen and oxygen atoms in total. The molecule has 1 saturated heterocycles. The Balaban J connectivity index is 1.87. The monoisotopic (exact) mass is 325 g/mol. The van der Waals surface area contributed by atoms with Gasteiger partial charge < -0.3 is 5.32 Å². The first kappa shape index (κ1) is 17.0. The predicted molar refractivity (Wildman–Crippen MR) is 85.3 cm³/mol. The third-order valence-corrected chi connectivity index (χ3v) is 3.13. The quantitative estimate of drug-likeness (QED) is 0.361. The molecule has 1 heterocycles. The fourth-order valence-electron chi connectivity index (χ4n) is 1.99. The summed E-state index contributed by atoms with van der Waals surface area (Å²) in [5.41, 5.74) is 0.808. The lowest BCUT2D eigenvalue weighted by molar-refractivity contribution is -0.143. The van der Waals surface area contributed by atoms with Crippen LogP contribution in [0.4, 0.5) is 4.79 Å². The van der Waals surface area contributed by atoms with Crippen LogP contribution in [0.5, 0.6) is 0 Å². The van der Waals surface area contributed by atoms with Gasteiger partial charge in [0.25, 0.3) is 0 Å². The summed E-state index contributed by atoms with van der Waals surface area (Å²) in [7, 11) is 0. The van der Waals surface area contributed by atoms with Gasteiger partial charge in [-0.25, -0.2) is 9.69 Å². The molecule has 2 rings (SSSR count). The van der Waals surface area contributed by atoms with E-state index in [1.165, 1.54) is 6.08 Å². The maximum atomic E-state index is 11.9. The zero-order chi connectivity index (χ0) is 17.5. The lowest BCUT2D eigenvalue weighted by Crippen LogP contribution is -2.41. The number of nitrogens with zero attached hydrogens (tertiary/aromatic N) is 2. The first-order valence-electron chi connectivity index (χ1n) is 7.13. The van der Waals surface area contributed by atoms with Crippen molar-refractivity contribution in [2.75, 3.05) is 19.6 Å². The third-order valence-electron chi connectivity index (χ3n) is 3.13. The maximum absolute atomic E-state index is 11.9. The third kappa shape index (κ3) is 3.87. The average molecular weight is 325 g/mol. The van der Waals surface area contributed by atoms with Crippen molar-refractivity contribution in [3.05, 3.63) is 48.6 Å². The molecular formula is C17H15N3O4. The molecule has 0 aliphatic carbocycles. The Kier molecular flexibility index (Phi) is 5.47. The van der Waals surface area contributed by atoms with Crippen LogP contribution in [0.3, 0.4) is 0 Å². The van der Waals surface area contributed by atoms with Gasteiger partial charge in [-0.05, 0) is 12.1 Å². The van der Waals surface area contributed by atoms with E-state index in [1.54, 1.807) is 0 Å². The molecule has 1 aliphatic heterocycles. The number of rotatable bonds is 5. The molecule has 0 atom stereocenters. The van der Waals surface area contributed by atoms with Gasteiger partial charge in [0, 0.05) is 12.1 Å². The van der Waals surface area contributed by atoms with Crippen LogP contribution < -0.4 is 5.32 Å². The van der Waals surface area contributed by atoms with Crippen LogP contribution in [-0.4, -0.2) is 53.2 Å². The van der Waals surface area contributed by atoms with Crippen molar-refractivity contribution in [2.24, 2.45) is 0 Å². The summed E-state index contributed by atoms with van der Waals surface area (Å²) in [5.74, 6) is 3.05. The van der Waals surface area contributed by atoms with Crippen molar-refractivity contribution in [3.63, 3.8) is 0 Å². The average Bonchev–Trinajstić information content (AvgIpc) is 2.78. The number of nitrogens with one attached hydrogen (secondary N) is 1. The second-order valence-electron chi connectivity index (χ2n) is 4.82. The first-order valence-corrected chi connectivity index (χ1v) is 7.13. The van der Waals surface area contributed by atoms with E-state index in [2.05, 4.69) is 23.7 Å². The van der Waals surface area contributed by atoms with Gasteiger partial charge >= 0.3 is 17.8 Å². The summed E-state index contributed by atoms with van der Waals surface area (Å²) in [4.78, 5) is 48.4. The Bertz CT molecular complexity index is 746. The van der Waals surface area contributed by atoms with Crippen LogP contribution >= 0.6 is 0 Å². The molecule has 0 radical (unpaired) electrons. The summed E-state index contributed by atoms with van der Waals surface area (Å²) in [5, 5.41) is 2.47. The molecule has 1 aliphatic rings. The molecule has 0 saturated carbocycles. The molecule has 122 valence electrons. The molecule has 24 heavy (non-hydrogen) atoms. The van der Waals surface area contributed by atoms with E-state index in [-0.39, 0.29) is 13.1 Å². The smallest absolute Gasteiger partial charge is 0.335 e. The van der Waals surface area contributed by atoms with E-state index >= 15 is 0 Å². The number of carbonyl (C=O) groups excluding carboxylic acids is 4. The number of hydrogen-bond acceptors (Lipinski definition) is 4. The molecular weight excluding hydrogens is 310 g/mol. The summed E-state index contributed by atoms with van der Waals surface area (Å²) in [6.45, 7) is 2.87. The van der Waals surface area contributed by atoms with Crippen molar-refractivity contribution < 1.29 is 19.2 Å². The zero-order valence-electron chi connectivity index (χ0n) is 12.8. The molecule has 0 bridgehead atoms. The largest absolute Gasteiger partial charge is 0.344 e. The number of amides is 5. The lowest BCUT2D eigenvalue weighted by atomic mass is 10.2. The molecule has 7 heteroatoms. The second kappa shape index (κ2) is 7.74. The maximum Gasteiger partial charge on any atom is 0.335 e.